The second kappa shape index (κ2) is 8.15. The highest BCUT2D eigenvalue weighted by molar-refractivity contribution is 8.01. The molecule has 6 heteroatoms. The van der Waals surface area contributed by atoms with Gasteiger partial charge < -0.3 is 21.0 Å². The lowest BCUT2D eigenvalue weighted by atomic mass is 9.81. The Morgan fingerprint density at radius 2 is 2.19 bits per heavy atom. The molecule has 0 spiro atoms. The molecule has 0 aromatic rings. The molecule has 0 aliphatic carbocycles. The lowest BCUT2D eigenvalue weighted by Crippen LogP contribution is -2.44. The van der Waals surface area contributed by atoms with E-state index >= 15 is 0 Å². The first-order valence-corrected chi connectivity index (χ1v) is 8.56. The van der Waals surface area contributed by atoms with Gasteiger partial charge in [-0.1, -0.05) is 20.8 Å². The van der Waals surface area contributed by atoms with Gasteiger partial charge in [-0.2, -0.15) is 11.8 Å². The van der Waals surface area contributed by atoms with Crippen LogP contribution in [0.3, 0.4) is 0 Å². The highest BCUT2D eigenvalue weighted by Gasteiger charge is 2.39. The van der Waals surface area contributed by atoms with Crippen molar-refractivity contribution in [1.29, 1.82) is 0 Å². The molecular weight excluding hydrogens is 288 g/mol. The summed E-state index contributed by atoms with van der Waals surface area (Å²) in [5, 5.41) is 12.3. The Morgan fingerprint density at radius 1 is 1.52 bits per heavy atom. The Labute approximate surface area is 131 Å². The first-order valence-electron chi connectivity index (χ1n) is 7.51. The van der Waals surface area contributed by atoms with Crippen LogP contribution in [0, 0.1) is 11.3 Å². The summed E-state index contributed by atoms with van der Waals surface area (Å²) in [6, 6.07) is -0.678. The van der Waals surface area contributed by atoms with Crippen molar-refractivity contribution in [2.75, 3.05) is 12.3 Å². The molecule has 5 nitrogen and oxygen atoms in total. The van der Waals surface area contributed by atoms with Crippen LogP contribution in [-0.4, -0.2) is 47.0 Å². The topological polar surface area (TPSA) is 92.4 Å². The normalized spacial score (nSPS) is 25.0. The molecule has 1 aliphatic heterocycles. The Hall–Kier alpha value is -0.590. The maximum Gasteiger partial charge on any atom is 0.305 e. The molecule has 4 atom stereocenters. The van der Waals surface area contributed by atoms with Crippen molar-refractivity contribution in [2.45, 2.75) is 57.4 Å². The summed E-state index contributed by atoms with van der Waals surface area (Å²) in [7, 11) is 0. The monoisotopic (exact) mass is 316 g/mol. The largest absolute Gasteiger partial charge is 0.481 e. The van der Waals surface area contributed by atoms with E-state index in [0.717, 1.165) is 18.8 Å². The van der Waals surface area contributed by atoms with Crippen LogP contribution in [-0.2, 0) is 9.59 Å². The minimum Gasteiger partial charge on any atom is -0.481 e. The number of hydrogen-bond donors (Lipinski definition) is 3. The number of rotatable bonds is 9. The quantitative estimate of drug-likeness (QED) is 0.558. The smallest absolute Gasteiger partial charge is 0.305 e. The van der Waals surface area contributed by atoms with Gasteiger partial charge in [-0.3, -0.25) is 4.79 Å². The third-order valence-corrected chi connectivity index (χ3v) is 5.95. The summed E-state index contributed by atoms with van der Waals surface area (Å²) in [6.07, 6.45) is 2.45. The van der Waals surface area contributed by atoms with Gasteiger partial charge in [0.2, 0.25) is 0 Å². The molecule has 1 aliphatic rings. The molecule has 3 unspecified atom stereocenters. The van der Waals surface area contributed by atoms with Gasteiger partial charge in [0, 0.05) is 17.8 Å². The number of aldehydes is 1. The lowest BCUT2D eigenvalue weighted by molar-refractivity contribution is -0.138. The number of nitrogens with two attached hydrogens (primary N) is 1. The SMILES string of the molecule is CC(C)(C)C1SCC1CCC(N)CN[C@H](C=O)CC(=O)O. The molecule has 0 aromatic heterocycles. The van der Waals surface area contributed by atoms with E-state index < -0.39 is 12.0 Å². The standard InChI is InChI=1S/C15H28N2O3S/c1-15(2,3)14-10(9-21-14)4-5-11(16)7-17-12(8-18)6-13(19)20/h8,10-12,14,17H,4-7,9,16H2,1-3H3,(H,19,20)/t10?,11?,12-,14?/m0/s1. The summed E-state index contributed by atoms with van der Waals surface area (Å²) < 4.78 is 0. The molecular formula is C15H28N2O3S. The third kappa shape index (κ3) is 6.36. The van der Waals surface area contributed by atoms with E-state index in [0.29, 0.717) is 23.5 Å². The molecule has 0 amide bonds. The Balaban J connectivity index is 2.23. The van der Waals surface area contributed by atoms with Crippen molar-refractivity contribution in [2.24, 2.45) is 17.1 Å². The minimum absolute atomic E-state index is 0.0348. The minimum atomic E-state index is -0.979. The first kappa shape index (κ1) is 18.5. The van der Waals surface area contributed by atoms with Crippen LogP contribution in [0.5, 0.6) is 0 Å². The Morgan fingerprint density at radius 3 is 2.62 bits per heavy atom. The molecule has 0 aromatic carbocycles. The number of nitrogens with one attached hydrogen (secondary N) is 1. The van der Waals surface area contributed by atoms with Crippen molar-refractivity contribution in [1.82, 2.24) is 5.32 Å². The third-order valence-electron chi connectivity index (χ3n) is 3.88. The van der Waals surface area contributed by atoms with Gasteiger partial charge in [-0.25, -0.2) is 0 Å². The average Bonchev–Trinajstić information content (AvgIpc) is 2.30. The van der Waals surface area contributed by atoms with E-state index in [4.69, 9.17) is 10.8 Å². The average molecular weight is 316 g/mol. The zero-order valence-corrected chi connectivity index (χ0v) is 14.0. The van der Waals surface area contributed by atoms with E-state index in [1.165, 1.54) is 5.75 Å². The Kier molecular flexibility index (Phi) is 7.16. The van der Waals surface area contributed by atoms with Gasteiger partial charge in [-0.15, -0.1) is 0 Å². The fraction of sp³-hybridized carbons (Fsp3) is 0.867. The number of carboxylic acid groups (broad SMARTS) is 1. The lowest BCUT2D eigenvalue weighted by Gasteiger charge is -2.45. The summed E-state index contributed by atoms with van der Waals surface area (Å²) in [5.74, 6) is 0.951. The first-order chi connectivity index (χ1) is 9.74. The highest BCUT2D eigenvalue weighted by Crippen LogP contribution is 2.47. The van der Waals surface area contributed by atoms with Gasteiger partial charge in [0.1, 0.15) is 6.29 Å². The Bertz CT molecular complexity index is 357. The fourth-order valence-corrected chi connectivity index (χ4v) is 4.17. The number of thioether (sulfide) groups is 1. The summed E-state index contributed by atoms with van der Waals surface area (Å²) in [6.45, 7) is 7.31. The molecule has 1 heterocycles. The van der Waals surface area contributed by atoms with Crippen LogP contribution < -0.4 is 11.1 Å². The van der Waals surface area contributed by atoms with E-state index in [1.54, 1.807) is 0 Å². The molecule has 4 N–H and O–H groups in total. The summed E-state index contributed by atoms with van der Waals surface area (Å²) >= 11 is 2.03. The number of carbonyl (C=O) groups is 2. The number of carboxylic acids is 1. The van der Waals surface area contributed by atoms with E-state index in [2.05, 4.69) is 26.1 Å². The molecule has 1 fully saturated rings. The molecule has 0 radical (unpaired) electrons. The second-order valence-corrected chi connectivity index (χ2v) is 8.14. The predicted octanol–water partition coefficient (Wildman–Crippen LogP) is 1.50. The summed E-state index contributed by atoms with van der Waals surface area (Å²) in [4.78, 5) is 21.3. The second-order valence-electron chi connectivity index (χ2n) is 6.97. The van der Waals surface area contributed by atoms with Crippen LogP contribution in [0.25, 0.3) is 0 Å². The molecule has 1 rings (SSSR count). The van der Waals surface area contributed by atoms with Gasteiger partial charge in [-0.05, 0) is 29.9 Å². The van der Waals surface area contributed by atoms with Crippen molar-refractivity contribution in [3.63, 3.8) is 0 Å². The number of hydrogen-bond acceptors (Lipinski definition) is 5. The zero-order chi connectivity index (χ0) is 16.0. The molecule has 0 bridgehead atoms. The van der Waals surface area contributed by atoms with Gasteiger partial charge >= 0.3 is 5.97 Å². The van der Waals surface area contributed by atoms with Crippen LogP contribution in [0.4, 0.5) is 0 Å². The van der Waals surface area contributed by atoms with Gasteiger partial charge in [0.25, 0.3) is 0 Å². The van der Waals surface area contributed by atoms with Crippen molar-refractivity contribution >= 4 is 24.0 Å². The van der Waals surface area contributed by atoms with Crippen LogP contribution in [0.15, 0.2) is 0 Å². The van der Waals surface area contributed by atoms with E-state index in [9.17, 15) is 9.59 Å². The maximum atomic E-state index is 10.8. The van der Waals surface area contributed by atoms with Crippen LogP contribution in [0.1, 0.15) is 40.0 Å². The molecule has 21 heavy (non-hydrogen) atoms. The van der Waals surface area contributed by atoms with Gasteiger partial charge in [0.15, 0.2) is 0 Å². The van der Waals surface area contributed by atoms with E-state index in [-0.39, 0.29) is 12.5 Å². The van der Waals surface area contributed by atoms with E-state index in [1.807, 2.05) is 11.8 Å². The number of aliphatic carboxylic acids is 1. The fourth-order valence-electron chi connectivity index (χ4n) is 2.71. The maximum absolute atomic E-state index is 10.8. The van der Waals surface area contributed by atoms with Crippen LogP contribution >= 0.6 is 11.8 Å². The molecule has 122 valence electrons. The summed E-state index contributed by atoms with van der Waals surface area (Å²) in [5.41, 5.74) is 6.39. The zero-order valence-electron chi connectivity index (χ0n) is 13.2. The molecule has 1 saturated heterocycles. The van der Waals surface area contributed by atoms with Crippen molar-refractivity contribution < 1.29 is 14.7 Å². The van der Waals surface area contributed by atoms with Gasteiger partial charge in [0.05, 0.1) is 12.5 Å². The highest BCUT2D eigenvalue weighted by atomic mass is 32.2. The van der Waals surface area contributed by atoms with Crippen molar-refractivity contribution in [3.05, 3.63) is 0 Å². The van der Waals surface area contributed by atoms with Crippen molar-refractivity contribution in [3.8, 4) is 0 Å². The molecule has 0 saturated carbocycles. The van der Waals surface area contributed by atoms with Crippen LogP contribution in [0.2, 0.25) is 0 Å². The predicted molar refractivity (Wildman–Crippen MR) is 86.5 cm³/mol. The number of carbonyl (C=O) groups excluding carboxylic acids is 1.